The number of carbonyl (C=O) groups is 1. The van der Waals surface area contributed by atoms with Gasteiger partial charge < -0.3 is 19.7 Å². The van der Waals surface area contributed by atoms with E-state index in [1.165, 1.54) is 6.92 Å². The Morgan fingerprint density at radius 3 is 2.56 bits per heavy atom. The van der Waals surface area contributed by atoms with Crippen molar-refractivity contribution in [1.29, 1.82) is 0 Å². The average molecular weight is 492 g/mol. The number of benzene rings is 3. The van der Waals surface area contributed by atoms with E-state index in [1.807, 2.05) is 62.4 Å². The van der Waals surface area contributed by atoms with Crippen molar-refractivity contribution in [2.45, 2.75) is 32.9 Å². The van der Waals surface area contributed by atoms with Gasteiger partial charge >= 0.3 is 5.97 Å². The van der Waals surface area contributed by atoms with Gasteiger partial charge in [0.05, 0.1) is 6.61 Å². The average Bonchev–Trinajstić information content (AvgIpc) is 2.88. The molecule has 188 valence electrons. The molecule has 6 nitrogen and oxygen atoms in total. The summed E-state index contributed by atoms with van der Waals surface area (Å²) in [6.45, 7) is 5.91. The van der Waals surface area contributed by atoms with E-state index in [-0.39, 0.29) is 5.75 Å². The number of halogens is 1. The van der Waals surface area contributed by atoms with Crippen molar-refractivity contribution >= 4 is 18.1 Å². The molecular weight excluding hydrogens is 461 g/mol. The van der Waals surface area contributed by atoms with Crippen LogP contribution in [-0.2, 0) is 11.3 Å². The second-order valence-corrected chi connectivity index (χ2v) is 9.14. The molecule has 0 fully saturated rings. The predicted molar refractivity (Wildman–Crippen MR) is 138 cm³/mol. The normalized spacial score (nSPS) is 14.6. The van der Waals surface area contributed by atoms with Crippen molar-refractivity contribution in [3.63, 3.8) is 0 Å². The Hall–Kier alpha value is -3.68. The highest BCUT2D eigenvalue weighted by Crippen LogP contribution is 2.39. The summed E-state index contributed by atoms with van der Waals surface area (Å²) in [7, 11) is 0. The lowest BCUT2D eigenvalue weighted by atomic mass is 9.94. The first-order valence-corrected chi connectivity index (χ1v) is 11.8. The number of aliphatic hydroxyl groups excluding tert-OH is 1. The Morgan fingerprint density at radius 2 is 1.81 bits per heavy atom. The fourth-order valence-corrected chi connectivity index (χ4v) is 4.07. The van der Waals surface area contributed by atoms with Crippen LogP contribution in [0.1, 0.15) is 34.7 Å². The molecule has 0 aliphatic carbocycles. The summed E-state index contributed by atoms with van der Waals surface area (Å²) in [4.78, 5) is 11.4. The lowest BCUT2D eigenvalue weighted by molar-refractivity contribution is -0.145. The maximum absolute atomic E-state index is 15.3. The van der Waals surface area contributed by atoms with Crippen molar-refractivity contribution in [3.8, 4) is 22.6 Å². The van der Waals surface area contributed by atoms with Crippen molar-refractivity contribution in [2.24, 2.45) is 0 Å². The summed E-state index contributed by atoms with van der Waals surface area (Å²) in [6.07, 6.45) is 3.98. The number of nitrogens with one attached hydrogen (secondary N) is 1. The Balaban J connectivity index is 1.60. The van der Waals surface area contributed by atoms with E-state index in [1.54, 1.807) is 12.1 Å². The Bertz CT molecular complexity index is 1320. The molecule has 36 heavy (non-hydrogen) atoms. The number of rotatable bonds is 8. The van der Waals surface area contributed by atoms with Crippen LogP contribution in [0.15, 0.2) is 48.5 Å². The lowest BCUT2D eigenvalue weighted by Crippen LogP contribution is -2.52. The predicted octanol–water partition coefficient (Wildman–Crippen LogP) is 4.98. The van der Waals surface area contributed by atoms with Crippen molar-refractivity contribution in [3.05, 3.63) is 82.2 Å². The van der Waals surface area contributed by atoms with Crippen LogP contribution in [0.25, 0.3) is 23.3 Å². The lowest BCUT2D eigenvalue weighted by Gasteiger charge is -2.24. The van der Waals surface area contributed by atoms with Gasteiger partial charge in [-0.1, -0.05) is 48.6 Å². The number of fused-ring (bicyclic) bond motifs is 1. The largest absolute Gasteiger partial charge is 0.486 e. The first-order chi connectivity index (χ1) is 17.2. The first kappa shape index (κ1) is 25.4. The van der Waals surface area contributed by atoms with E-state index in [0.717, 1.165) is 33.4 Å². The molecule has 1 atom stereocenters. The second-order valence-electron chi connectivity index (χ2n) is 9.14. The summed E-state index contributed by atoms with van der Waals surface area (Å²) in [5.74, 6) is -0.963. The minimum atomic E-state index is -1.42. The van der Waals surface area contributed by atoms with Crippen LogP contribution < -0.4 is 14.8 Å². The van der Waals surface area contributed by atoms with E-state index >= 15 is 4.39 Å². The van der Waals surface area contributed by atoms with Crippen LogP contribution >= 0.6 is 0 Å². The smallest absolute Gasteiger partial charge is 0.326 e. The molecule has 4 rings (SSSR count). The number of aliphatic hydroxyl groups is 1. The summed E-state index contributed by atoms with van der Waals surface area (Å²) in [5, 5.41) is 21.7. The molecule has 0 unspecified atom stereocenters. The molecule has 1 heterocycles. The molecule has 0 bridgehead atoms. The molecule has 7 heteroatoms. The van der Waals surface area contributed by atoms with E-state index in [0.29, 0.717) is 31.1 Å². The molecule has 0 amide bonds. The Morgan fingerprint density at radius 1 is 1.06 bits per heavy atom. The third kappa shape index (κ3) is 5.12. The summed E-state index contributed by atoms with van der Waals surface area (Å²) in [5.41, 5.74) is 4.63. The van der Waals surface area contributed by atoms with Gasteiger partial charge in [-0.3, -0.25) is 10.1 Å². The maximum Gasteiger partial charge on any atom is 0.326 e. The van der Waals surface area contributed by atoms with Crippen LogP contribution in [0, 0.1) is 19.7 Å². The Kier molecular flexibility index (Phi) is 7.43. The molecule has 0 saturated carbocycles. The third-order valence-electron chi connectivity index (χ3n) is 6.57. The SMILES string of the molecule is Cc1ccc(CN[C@](C)(CO)C(=O)O)cc1/C=C/c1cccc(-c2ccc3c(c2F)OCCO3)c1C. The molecule has 0 saturated heterocycles. The standard InChI is InChI=1S/C29H30FNO5/c1-18-7-8-20(16-31-29(3,17-32)28(33)34)15-22(18)10-9-21-5-4-6-23(19(21)2)24-11-12-25-27(26(24)30)36-14-13-35-25/h4-12,15,31-32H,13-14,16-17H2,1-3H3,(H,33,34)/b10-9+/t29-/m1/s1. The van der Waals surface area contributed by atoms with Gasteiger partial charge in [0, 0.05) is 12.1 Å². The maximum atomic E-state index is 15.3. The molecule has 0 radical (unpaired) electrons. The number of hydrogen-bond acceptors (Lipinski definition) is 5. The zero-order valence-corrected chi connectivity index (χ0v) is 20.6. The van der Waals surface area contributed by atoms with Crippen LogP contribution in [0.4, 0.5) is 4.39 Å². The fourth-order valence-electron chi connectivity index (χ4n) is 4.07. The highest BCUT2D eigenvalue weighted by atomic mass is 19.1. The molecular formula is C29H30FNO5. The highest BCUT2D eigenvalue weighted by molar-refractivity contribution is 5.80. The van der Waals surface area contributed by atoms with Crippen LogP contribution in [0.3, 0.4) is 0 Å². The van der Waals surface area contributed by atoms with Crippen molar-refractivity contribution < 1.29 is 28.9 Å². The minimum Gasteiger partial charge on any atom is -0.486 e. The van der Waals surface area contributed by atoms with Gasteiger partial charge in [-0.25, -0.2) is 4.39 Å². The molecule has 3 aromatic carbocycles. The second kappa shape index (κ2) is 10.5. The number of aryl methyl sites for hydroxylation is 1. The monoisotopic (exact) mass is 491 g/mol. The minimum absolute atomic E-state index is 0.153. The van der Waals surface area contributed by atoms with Gasteiger partial charge in [0.1, 0.15) is 18.8 Å². The van der Waals surface area contributed by atoms with Crippen LogP contribution in [0.2, 0.25) is 0 Å². The van der Waals surface area contributed by atoms with E-state index in [9.17, 15) is 15.0 Å². The van der Waals surface area contributed by atoms with Gasteiger partial charge in [-0.15, -0.1) is 0 Å². The topological polar surface area (TPSA) is 88.0 Å². The van der Waals surface area contributed by atoms with Crippen molar-refractivity contribution in [2.75, 3.05) is 19.8 Å². The number of ether oxygens (including phenoxy) is 2. The Labute approximate surface area is 210 Å². The molecule has 3 N–H and O–H groups in total. The van der Waals surface area contributed by atoms with E-state index < -0.39 is 23.9 Å². The molecule has 1 aliphatic rings. The molecule has 0 spiro atoms. The summed E-state index contributed by atoms with van der Waals surface area (Å²) < 4.78 is 26.3. The number of carboxylic acid groups (broad SMARTS) is 1. The number of carboxylic acids is 1. The third-order valence-corrected chi connectivity index (χ3v) is 6.57. The van der Waals surface area contributed by atoms with Gasteiger partial charge in [0.25, 0.3) is 0 Å². The fraction of sp³-hybridized carbons (Fsp3) is 0.276. The van der Waals surface area contributed by atoms with Gasteiger partial charge in [0.15, 0.2) is 17.3 Å². The molecule has 3 aromatic rings. The highest BCUT2D eigenvalue weighted by Gasteiger charge is 2.31. The number of aliphatic carboxylic acids is 1. The summed E-state index contributed by atoms with van der Waals surface area (Å²) >= 11 is 0. The van der Waals surface area contributed by atoms with E-state index in [2.05, 4.69) is 5.32 Å². The van der Waals surface area contributed by atoms with Gasteiger partial charge in [-0.2, -0.15) is 0 Å². The molecule has 1 aliphatic heterocycles. The first-order valence-electron chi connectivity index (χ1n) is 11.8. The van der Waals surface area contributed by atoms with Gasteiger partial charge in [0.2, 0.25) is 0 Å². The zero-order valence-electron chi connectivity index (χ0n) is 20.6. The molecule has 0 aromatic heterocycles. The van der Waals surface area contributed by atoms with Gasteiger partial charge in [-0.05, 0) is 66.3 Å². The summed E-state index contributed by atoms with van der Waals surface area (Å²) in [6, 6.07) is 15.1. The zero-order chi connectivity index (χ0) is 25.9. The van der Waals surface area contributed by atoms with Crippen molar-refractivity contribution in [1.82, 2.24) is 5.32 Å². The van der Waals surface area contributed by atoms with E-state index in [4.69, 9.17) is 9.47 Å². The quantitative estimate of drug-likeness (QED) is 0.386. The van der Waals surface area contributed by atoms with Crippen LogP contribution in [-0.4, -0.2) is 41.5 Å². The van der Waals surface area contributed by atoms with Crippen LogP contribution in [0.5, 0.6) is 11.5 Å². The number of hydrogen-bond donors (Lipinski definition) is 3.